The summed E-state index contributed by atoms with van der Waals surface area (Å²) in [5, 5.41) is 0. The third-order valence-electron chi connectivity index (χ3n) is 7.79. The molecule has 4 nitrogen and oxygen atoms in total. The van der Waals surface area contributed by atoms with Gasteiger partial charge in [-0.3, -0.25) is 9.59 Å². The van der Waals surface area contributed by atoms with E-state index in [0.717, 1.165) is 64.2 Å². The first-order valence-corrected chi connectivity index (χ1v) is 16.4. The highest BCUT2D eigenvalue weighted by Gasteiger charge is 2.26. The standard InChI is InChI=1S/C33H64O4/c1-5-9-24-28-36-32(34)27-23-21-19-17-15-13-11-12-14-16-18-20-22-26-30(7-3)31(8-4)33(35)37-29-25-10-6-2/h30-31H,5-29H2,1-4H3. The van der Waals surface area contributed by atoms with Crippen molar-refractivity contribution in [2.24, 2.45) is 11.8 Å². The molecule has 0 spiro atoms. The van der Waals surface area contributed by atoms with Crippen LogP contribution in [0.15, 0.2) is 0 Å². The van der Waals surface area contributed by atoms with Crippen LogP contribution in [-0.4, -0.2) is 25.2 Å². The average molecular weight is 525 g/mol. The number of carbonyl (C=O) groups is 2. The molecule has 4 heteroatoms. The highest BCUT2D eigenvalue weighted by Crippen LogP contribution is 2.27. The van der Waals surface area contributed by atoms with Crippen molar-refractivity contribution in [2.45, 2.75) is 175 Å². The summed E-state index contributed by atoms with van der Waals surface area (Å²) in [6.07, 6.45) is 27.0. The van der Waals surface area contributed by atoms with Gasteiger partial charge in [0.25, 0.3) is 0 Å². The van der Waals surface area contributed by atoms with Crippen molar-refractivity contribution >= 4 is 11.9 Å². The highest BCUT2D eigenvalue weighted by molar-refractivity contribution is 5.72. The molecule has 0 saturated heterocycles. The van der Waals surface area contributed by atoms with Gasteiger partial charge in [0.1, 0.15) is 0 Å². The van der Waals surface area contributed by atoms with Crippen molar-refractivity contribution in [3.8, 4) is 0 Å². The second-order valence-electron chi connectivity index (χ2n) is 11.1. The Bertz CT molecular complexity index is 505. The molecule has 0 aromatic rings. The predicted octanol–water partition coefficient (Wildman–Crippen LogP) is 10.4. The molecule has 0 radical (unpaired) electrons. The summed E-state index contributed by atoms with van der Waals surface area (Å²) in [5.74, 6) is 0.601. The molecule has 0 amide bonds. The Morgan fingerprint density at radius 1 is 0.514 bits per heavy atom. The van der Waals surface area contributed by atoms with Crippen molar-refractivity contribution in [3.63, 3.8) is 0 Å². The number of unbranched alkanes of at least 4 members (excludes halogenated alkanes) is 16. The molecule has 2 atom stereocenters. The molecule has 0 N–H and O–H groups in total. The van der Waals surface area contributed by atoms with E-state index < -0.39 is 0 Å². The van der Waals surface area contributed by atoms with E-state index in [0.29, 0.717) is 25.6 Å². The van der Waals surface area contributed by atoms with E-state index in [-0.39, 0.29) is 17.9 Å². The van der Waals surface area contributed by atoms with Crippen LogP contribution in [0.2, 0.25) is 0 Å². The SMILES string of the molecule is CCCCCOC(=O)CCCCCCCCCCCCCCCC(CC)C(CC)C(=O)OCCCCC. The van der Waals surface area contributed by atoms with Crippen molar-refractivity contribution in [1.82, 2.24) is 0 Å². The number of hydrogen-bond donors (Lipinski definition) is 0. The Morgan fingerprint density at radius 3 is 1.43 bits per heavy atom. The van der Waals surface area contributed by atoms with E-state index in [1.54, 1.807) is 0 Å². The summed E-state index contributed by atoms with van der Waals surface area (Å²) in [5.41, 5.74) is 0. The van der Waals surface area contributed by atoms with Gasteiger partial charge in [-0.15, -0.1) is 0 Å². The molecule has 0 aliphatic heterocycles. The van der Waals surface area contributed by atoms with Gasteiger partial charge < -0.3 is 9.47 Å². The molecular formula is C33H64O4. The molecule has 0 saturated carbocycles. The lowest BCUT2D eigenvalue weighted by molar-refractivity contribution is -0.151. The molecule has 0 aromatic heterocycles. The predicted molar refractivity (Wildman–Crippen MR) is 158 cm³/mol. The summed E-state index contributed by atoms with van der Waals surface area (Å²) in [6, 6.07) is 0. The number of carbonyl (C=O) groups excluding carboxylic acids is 2. The summed E-state index contributed by atoms with van der Waals surface area (Å²) < 4.78 is 10.8. The first-order valence-electron chi connectivity index (χ1n) is 16.4. The topological polar surface area (TPSA) is 52.6 Å². The van der Waals surface area contributed by atoms with Gasteiger partial charge in [0, 0.05) is 6.42 Å². The van der Waals surface area contributed by atoms with E-state index in [1.165, 1.54) is 77.0 Å². The van der Waals surface area contributed by atoms with Gasteiger partial charge in [0.2, 0.25) is 0 Å². The second kappa shape index (κ2) is 28.0. The second-order valence-corrected chi connectivity index (χ2v) is 11.1. The molecule has 0 aliphatic rings. The minimum absolute atomic E-state index is 0.00990. The molecule has 0 fully saturated rings. The van der Waals surface area contributed by atoms with Crippen LogP contribution in [0.5, 0.6) is 0 Å². The van der Waals surface area contributed by atoms with Crippen LogP contribution in [0.3, 0.4) is 0 Å². The van der Waals surface area contributed by atoms with Crippen LogP contribution in [-0.2, 0) is 19.1 Å². The molecule has 0 rings (SSSR count). The monoisotopic (exact) mass is 524 g/mol. The van der Waals surface area contributed by atoms with Crippen LogP contribution in [0.25, 0.3) is 0 Å². The fraction of sp³-hybridized carbons (Fsp3) is 0.939. The minimum atomic E-state index is -0.00990. The third-order valence-corrected chi connectivity index (χ3v) is 7.79. The fourth-order valence-electron chi connectivity index (χ4n) is 5.24. The minimum Gasteiger partial charge on any atom is -0.466 e. The van der Waals surface area contributed by atoms with E-state index >= 15 is 0 Å². The number of rotatable bonds is 28. The Morgan fingerprint density at radius 2 is 0.973 bits per heavy atom. The third kappa shape index (κ3) is 22.6. The zero-order valence-electron chi connectivity index (χ0n) is 25.5. The lowest BCUT2D eigenvalue weighted by Crippen LogP contribution is -2.25. The summed E-state index contributed by atoms with van der Waals surface area (Å²) in [4.78, 5) is 24.2. The van der Waals surface area contributed by atoms with Crippen LogP contribution in [0.4, 0.5) is 0 Å². The molecule has 2 unspecified atom stereocenters. The van der Waals surface area contributed by atoms with Gasteiger partial charge in [-0.1, -0.05) is 137 Å². The van der Waals surface area contributed by atoms with Crippen molar-refractivity contribution in [3.05, 3.63) is 0 Å². The van der Waals surface area contributed by atoms with Gasteiger partial charge in [0.15, 0.2) is 0 Å². The normalized spacial score (nSPS) is 12.9. The van der Waals surface area contributed by atoms with E-state index in [1.807, 2.05) is 0 Å². The van der Waals surface area contributed by atoms with Crippen LogP contribution < -0.4 is 0 Å². The quantitative estimate of drug-likeness (QED) is 0.0754. The maximum absolute atomic E-state index is 12.5. The van der Waals surface area contributed by atoms with E-state index in [2.05, 4.69) is 27.7 Å². The molecule has 0 bridgehead atoms. The van der Waals surface area contributed by atoms with Gasteiger partial charge in [-0.25, -0.2) is 0 Å². The van der Waals surface area contributed by atoms with E-state index in [4.69, 9.17) is 9.47 Å². The van der Waals surface area contributed by atoms with Crippen LogP contribution >= 0.6 is 0 Å². The molecular weight excluding hydrogens is 460 g/mol. The number of esters is 2. The fourth-order valence-corrected chi connectivity index (χ4v) is 5.24. The Hall–Kier alpha value is -1.06. The number of ether oxygens (including phenoxy) is 2. The Kier molecular flexibility index (Phi) is 27.2. The summed E-state index contributed by atoms with van der Waals surface area (Å²) >= 11 is 0. The molecule has 0 aromatic carbocycles. The first kappa shape index (κ1) is 35.9. The maximum atomic E-state index is 12.5. The molecule has 37 heavy (non-hydrogen) atoms. The van der Waals surface area contributed by atoms with Crippen LogP contribution in [0, 0.1) is 11.8 Å². The van der Waals surface area contributed by atoms with Crippen LogP contribution in [0.1, 0.15) is 175 Å². The van der Waals surface area contributed by atoms with Crippen molar-refractivity contribution < 1.29 is 19.1 Å². The zero-order chi connectivity index (χ0) is 27.4. The Labute approximate surface area is 231 Å². The van der Waals surface area contributed by atoms with Gasteiger partial charge >= 0.3 is 11.9 Å². The lowest BCUT2D eigenvalue weighted by atomic mass is 9.84. The average Bonchev–Trinajstić information content (AvgIpc) is 2.90. The summed E-state index contributed by atoms with van der Waals surface area (Å²) in [6.45, 7) is 9.89. The first-order chi connectivity index (χ1) is 18.1. The highest BCUT2D eigenvalue weighted by atomic mass is 16.5. The molecule has 0 heterocycles. The van der Waals surface area contributed by atoms with E-state index in [9.17, 15) is 9.59 Å². The van der Waals surface area contributed by atoms with Crippen molar-refractivity contribution in [2.75, 3.05) is 13.2 Å². The zero-order valence-corrected chi connectivity index (χ0v) is 25.5. The lowest BCUT2D eigenvalue weighted by Gasteiger charge is -2.23. The molecule has 220 valence electrons. The maximum Gasteiger partial charge on any atom is 0.309 e. The summed E-state index contributed by atoms with van der Waals surface area (Å²) in [7, 11) is 0. The van der Waals surface area contributed by atoms with Gasteiger partial charge in [0.05, 0.1) is 19.1 Å². The molecule has 0 aliphatic carbocycles. The smallest absolute Gasteiger partial charge is 0.309 e. The number of hydrogen-bond acceptors (Lipinski definition) is 4. The largest absolute Gasteiger partial charge is 0.466 e. The van der Waals surface area contributed by atoms with Crippen molar-refractivity contribution in [1.29, 1.82) is 0 Å². The Balaban J connectivity index is 3.56. The van der Waals surface area contributed by atoms with Gasteiger partial charge in [-0.05, 0) is 38.0 Å². The van der Waals surface area contributed by atoms with Gasteiger partial charge in [-0.2, -0.15) is 0 Å².